The van der Waals surface area contributed by atoms with Gasteiger partial charge in [-0.15, -0.1) is 0 Å². The molecule has 0 heterocycles. The third-order valence-electron chi connectivity index (χ3n) is 1.14. The summed E-state index contributed by atoms with van der Waals surface area (Å²) in [7, 11) is -4.51. The molecule has 7 nitrogen and oxygen atoms in total. The lowest BCUT2D eigenvalue weighted by molar-refractivity contribution is 0.107. The van der Waals surface area contributed by atoms with Crippen LogP contribution < -0.4 is 0 Å². The Morgan fingerprint density at radius 1 is 1.43 bits per heavy atom. The van der Waals surface area contributed by atoms with Crippen LogP contribution in [0.4, 0.5) is 0 Å². The highest BCUT2D eigenvalue weighted by atomic mass is 32.3. The van der Waals surface area contributed by atoms with E-state index in [1.165, 1.54) is 13.8 Å². The van der Waals surface area contributed by atoms with E-state index in [-0.39, 0.29) is 13.2 Å². The van der Waals surface area contributed by atoms with E-state index in [1.54, 1.807) is 0 Å². The van der Waals surface area contributed by atoms with Crippen LogP contribution in [0, 0.1) is 5.41 Å². The number of hydrogen-bond acceptors (Lipinski definition) is 6. The molecule has 0 aliphatic carbocycles. The van der Waals surface area contributed by atoms with Crippen molar-refractivity contribution in [2.24, 2.45) is 5.41 Å². The fourth-order valence-corrected chi connectivity index (χ4v) is 1.37. The predicted molar refractivity (Wildman–Crippen MR) is 46.2 cm³/mol. The molecule has 0 aliphatic rings. The van der Waals surface area contributed by atoms with E-state index < -0.39 is 27.2 Å². The predicted octanol–water partition coefficient (Wildman–Crippen LogP) is -0.357. The molecule has 0 saturated carbocycles. The number of hydrogen-bond donors (Lipinski definition) is 1. The van der Waals surface area contributed by atoms with Gasteiger partial charge in [-0.05, 0) is 0 Å². The molecule has 0 amide bonds. The molecule has 0 bridgehead atoms. The van der Waals surface area contributed by atoms with Crippen LogP contribution in [0.15, 0.2) is 0 Å². The monoisotopic (exact) mass is 247 g/mol. The zero-order valence-electron chi connectivity index (χ0n) is 7.63. The topological polar surface area (TPSA) is 113 Å². The van der Waals surface area contributed by atoms with Gasteiger partial charge in [0.1, 0.15) is 0 Å². The van der Waals surface area contributed by atoms with Crippen molar-refractivity contribution in [2.75, 3.05) is 13.2 Å². The van der Waals surface area contributed by atoms with Crippen molar-refractivity contribution < 1.29 is 30.1 Å². The Balaban J connectivity index is 4.01. The molecule has 0 rings (SSSR count). The maximum atomic E-state index is 10.2. The second-order valence-corrected chi connectivity index (χ2v) is 5.06. The molecule has 0 aromatic heterocycles. The molecule has 0 aromatic rings. The first-order valence-corrected chi connectivity index (χ1v) is 5.83. The molecule has 1 unspecified atom stereocenters. The van der Waals surface area contributed by atoms with Crippen LogP contribution in [-0.2, 0) is 30.1 Å². The van der Waals surface area contributed by atoms with Gasteiger partial charge in [-0.25, -0.2) is 8.39 Å². The molecular formula is C5H11O7S2-. The summed E-state index contributed by atoms with van der Waals surface area (Å²) in [5.74, 6) is 0. The van der Waals surface area contributed by atoms with Crippen LogP contribution in [-0.4, -0.2) is 34.9 Å². The lowest BCUT2D eigenvalue weighted by Crippen LogP contribution is -2.27. The van der Waals surface area contributed by atoms with Gasteiger partial charge >= 0.3 is 10.4 Å². The minimum absolute atomic E-state index is 0.237. The zero-order valence-corrected chi connectivity index (χ0v) is 9.26. The number of rotatable bonds is 6. The van der Waals surface area contributed by atoms with Gasteiger partial charge in [0.2, 0.25) is 0 Å². The van der Waals surface area contributed by atoms with E-state index >= 15 is 0 Å². The Labute approximate surface area is 84.9 Å². The van der Waals surface area contributed by atoms with Crippen LogP contribution in [0.2, 0.25) is 0 Å². The smallest absolute Gasteiger partial charge is 0.397 e. The molecule has 0 aromatic carbocycles. The summed E-state index contributed by atoms with van der Waals surface area (Å²) in [6.07, 6.45) is 0. The SMILES string of the molecule is CC(C)(COS(=O)[O-])COS(=O)(=O)O. The summed E-state index contributed by atoms with van der Waals surface area (Å²) in [5.41, 5.74) is -0.837. The Morgan fingerprint density at radius 2 is 1.93 bits per heavy atom. The van der Waals surface area contributed by atoms with E-state index in [4.69, 9.17) is 4.55 Å². The van der Waals surface area contributed by atoms with E-state index in [1.807, 2.05) is 0 Å². The molecule has 0 spiro atoms. The van der Waals surface area contributed by atoms with Crippen LogP contribution >= 0.6 is 0 Å². The molecule has 0 saturated heterocycles. The molecule has 1 atom stereocenters. The van der Waals surface area contributed by atoms with E-state index in [0.717, 1.165) is 0 Å². The van der Waals surface area contributed by atoms with Gasteiger partial charge in [0.25, 0.3) is 0 Å². The summed E-state index contributed by atoms with van der Waals surface area (Å²) in [6.45, 7) is 2.43. The van der Waals surface area contributed by atoms with Gasteiger partial charge in [0.05, 0.1) is 24.6 Å². The molecule has 0 aliphatic heterocycles. The van der Waals surface area contributed by atoms with Gasteiger partial charge in [-0.2, -0.15) is 8.42 Å². The third kappa shape index (κ3) is 8.53. The summed E-state index contributed by atoms with van der Waals surface area (Å²) in [5, 5.41) is 0. The van der Waals surface area contributed by atoms with E-state index in [9.17, 15) is 17.2 Å². The molecule has 14 heavy (non-hydrogen) atoms. The maximum Gasteiger partial charge on any atom is 0.397 e. The van der Waals surface area contributed by atoms with E-state index in [0.29, 0.717) is 0 Å². The highest BCUT2D eigenvalue weighted by Crippen LogP contribution is 2.17. The first kappa shape index (κ1) is 13.9. The quantitative estimate of drug-likeness (QED) is 0.503. The average Bonchev–Trinajstić information content (AvgIpc) is 1.97. The van der Waals surface area contributed by atoms with Gasteiger partial charge < -0.3 is 8.74 Å². The van der Waals surface area contributed by atoms with Crippen molar-refractivity contribution in [1.29, 1.82) is 0 Å². The zero-order chi connectivity index (χ0) is 11.4. The second kappa shape index (κ2) is 5.14. The Morgan fingerprint density at radius 3 is 2.29 bits per heavy atom. The lowest BCUT2D eigenvalue weighted by Gasteiger charge is -2.23. The summed E-state index contributed by atoms with van der Waals surface area (Å²) < 4.78 is 57.0. The Hall–Kier alpha value is -0.0600. The standard InChI is InChI=1S/C5H12O7S2/c1-5(2,3-11-13(6)7)4-12-14(8,9)10/h3-4H2,1-2H3,(H,6,7)(H,8,9,10)/p-1. The largest absolute Gasteiger partial charge is 0.750 e. The lowest BCUT2D eigenvalue weighted by atomic mass is 9.97. The maximum absolute atomic E-state index is 10.2. The van der Waals surface area contributed by atoms with E-state index in [2.05, 4.69) is 8.37 Å². The molecular weight excluding hydrogens is 236 g/mol. The van der Waals surface area contributed by atoms with Crippen LogP contribution in [0.3, 0.4) is 0 Å². The van der Waals surface area contributed by atoms with Gasteiger partial charge in [0, 0.05) is 5.41 Å². The first-order valence-electron chi connectivity index (χ1n) is 3.47. The summed E-state index contributed by atoms with van der Waals surface area (Å²) in [4.78, 5) is 0. The van der Waals surface area contributed by atoms with Gasteiger partial charge in [-0.3, -0.25) is 4.55 Å². The van der Waals surface area contributed by atoms with Crippen LogP contribution in [0.5, 0.6) is 0 Å². The van der Waals surface area contributed by atoms with Crippen molar-refractivity contribution in [3.63, 3.8) is 0 Å². The minimum atomic E-state index is -4.51. The van der Waals surface area contributed by atoms with Crippen molar-refractivity contribution in [1.82, 2.24) is 0 Å². The van der Waals surface area contributed by atoms with Crippen LogP contribution in [0.1, 0.15) is 13.8 Å². The highest BCUT2D eigenvalue weighted by Gasteiger charge is 2.22. The molecule has 9 heteroatoms. The molecule has 0 fully saturated rings. The Bertz CT molecular complexity index is 293. The Kier molecular flexibility index (Phi) is 5.12. The fourth-order valence-electron chi connectivity index (χ4n) is 0.483. The first-order chi connectivity index (χ1) is 6.12. The summed E-state index contributed by atoms with van der Waals surface area (Å²) in [6, 6.07) is 0. The summed E-state index contributed by atoms with van der Waals surface area (Å²) >= 11 is -2.65. The second-order valence-electron chi connectivity index (χ2n) is 3.32. The molecule has 86 valence electrons. The highest BCUT2D eigenvalue weighted by molar-refractivity contribution is 7.80. The third-order valence-corrected chi connectivity index (χ3v) is 1.87. The van der Waals surface area contributed by atoms with Gasteiger partial charge in [0.15, 0.2) is 0 Å². The van der Waals surface area contributed by atoms with Crippen molar-refractivity contribution >= 4 is 21.8 Å². The molecule has 1 N–H and O–H groups in total. The van der Waals surface area contributed by atoms with Crippen LogP contribution in [0.25, 0.3) is 0 Å². The minimum Gasteiger partial charge on any atom is -0.750 e. The van der Waals surface area contributed by atoms with Crippen molar-refractivity contribution in [2.45, 2.75) is 13.8 Å². The molecule has 0 radical (unpaired) electrons. The van der Waals surface area contributed by atoms with Crippen molar-refractivity contribution in [3.05, 3.63) is 0 Å². The van der Waals surface area contributed by atoms with Crippen molar-refractivity contribution in [3.8, 4) is 0 Å². The normalized spacial score (nSPS) is 15.4. The average molecular weight is 247 g/mol. The fraction of sp³-hybridized carbons (Fsp3) is 1.00. The van der Waals surface area contributed by atoms with Gasteiger partial charge in [-0.1, -0.05) is 13.8 Å².